The number of benzene rings is 3. The number of piperazine rings is 1. The fraction of sp³-hybridized carbons (Fsp3) is 0.269. The molecule has 11 heteroatoms. The molecule has 0 spiro atoms. The van der Waals surface area contributed by atoms with E-state index in [-0.39, 0.29) is 24.8 Å². The molecule has 0 atom stereocenters. The zero-order chi connectivity index (χ0) is 26.0. The first-order chi connectivity index (χ1) is 17.8. The Morgan fingerprint density at radius 3 is 2.19 bits per heavy atom. The molecule has 0 radical (unpaired) electrons. The predicted octanol–water partition coefficient (Wildman–Crippen LogP) is 5.75. The monoisotopic (exact) mass is 506 g/mol. The maximum Gasteiger partial charge on any atom is 0.509 e. The van der Waals surface area contributed by atoms with Gasteiger partial charge in [-0.2, -0.15) is 0 Å². The van der Waals surface area contributed by atoms with Crippen LogP contribution in [0.25, 0.3) is 21.6 Å². The standard InChI is InChI=1S/C26H24BF3N5O2/c28-27(29,30)19-13-18(14-20(15-19)32-33-31)16-34-9-11-35(12-10-34)26(36)37-17-25-23-7-3-1-5-21(23)22-6-2-4-8-24(22)25/h1-8,13-15,25H,9-12,16-17H2/q-1. The van der Waals surface area contributed by atoms with Crippen LogP contribution in [0.5, 0.6) is 0 Å². The Morgan fingerprint density at radius 2 is 1.59 bits per heavy atom. The van der Waals surface area contributed by atoms with Gasteiger partial charge in [0.1, 0.15) is 6.61 Å². The summed E-state index contributed by atoms with van der Waals surface area (Å²) in [5.74, 6) is -0.0228. The number of amides is 1. The summed E-state index contributed by atoms with van der Waals surface area (Å²) in [6, 6.07) is 19.7. The van der Waals surface area contributed by atoms with Crippen molar-refractivity contribution in [3.8, 4) is 11.1 Å². The lowest BCUT2D eigenvalue weighted by Crippen LogP contribution is -2.48. The van der Waals surface area contributed by atoms with Gasteiger partial charge in [-0.15, -0.1) is 5.46 Å². The molecule has 3 aromatic carbocycles. The van der Waals surface area contributed by atoms with Gasteiger partial charge in [0.2, 0.25) is 0 Å². The van der Waals surface area contributed by atoms with Gasteiger partial charge >= 0.3 is 13.1 Å². The van der Waals surface area contributed by atoms with Crippen molar-refractivity contribution >= 4 is 24.2 Å². The summed E-state index contributed by atoms with van der Waals surface area (Å²) in [6.45, 7) is -2.94. The molecule has 1 aliphatic carbocycles. The van der Waals surface area contributed by atoms with Gasteiger partial charge in [0.25, 0.3) is 0 Å². The van der Waals surface area contributed by atoms with Crippen molar-refractivity contribution in [2.45, 2.75) is 12.5 Å². The quantitative estimate of drug-likeness (QED) is 0.185. The average molecular weight is 506 g/mol. The first kappa shape index (κ1) is 24.7. The molecule has 3 aromatic rings. The number of azide groups is 1. The summed E-state index contributed by atoms with van der Waals surface area (Å²) >= 11 is 0. The third-order valence-corrected chi connectivity index (χ3v) is 6.91. The van der Waals surface area contributed by atoms with Crippen LogP contribution in [-0.4, -0.2) is 55.7 Å². The molecule has 5 rings (SSSR count). The normalized spacial score (nSPS) is 15.6. The highest BCUT2D eigenvalue weighted by Gasteiger charge is 2.31. The molecule has 1 saturated heterocycles. The first-order valence-electron chi connectivity index (χ1n) is 12.0. The molecule has 1 aliphatic heterocycles. The van der Waals surface area contributed by atoms with Crippen LogP contribution in [0.2, 0.25) is 0 Å². The van der Waals surface area contributed by atoms with E-state index >= 15 is 0 Å². The van der Waals surface area contributed by atoms with Crippen LogP contribution in [0.4, 0.5) is 23.4 Å². The minimum absolute atomic E-state index is 0.0228. The van der Waals surface area contributed by atoms with Crippen LogP contribution in [0.1, 0.15) is 22.6 Å². The van der Waals surface area contributed by atoms with Gasteiger partial charge in [0, 0.05) is 49.2 Å². The van der Waals surface area contributed by atoms with Crippen molar-refractivity contribution in [2.75, 3.05) is 32.8 Å². The number of fused-ring (bicyclic) bond motifs is 3. The number of rotatable bonds is 6. The molecule has 0 unspecified atom stereocenters. The number of halogens is 3. The third kappa shape index (κ3) is 5.28. The van der Waals surface area contributed by atoms with Gasteiger partial charge in [-0.3, -0.25) is 4.90 Å². The van der Waals surface area contributed by atoms with Gasteiger partial charge in [-0.05, 0) is 39.4 Å². The maximum absolute atomic E-state index is 13.3. The Hall–Kier alpha value is -3.95. The van der Waals surface area contributed by atoms with Gasteiger partial charge in [0.15, 0.2) is 0 Å². The minimum Gasteiger partial charge on any atom is -0.448 e. The summed E-state index contributed by atoms with van der Waals surface area (Å²) in [5, 5.41) is 3.35. The molecule has 190 valence electrons. The van der Waals surface area contributed by atoms with Gasteiger partial charge < -0.3 is 22.6 Å². The van der Waals surface area contributed by atoms with Crippen LogP contribution in [-0.2, 0) is 11.3 Å². The largest absolute Gasteiger partial charge is 0.509 e. The zero-order valence-corrected chi connectivity index (χ0v) is 19.9. The molecule has 0 N–H and O–H groups in total. The summed E-state index contributed by atoms with van der Waals surface area (Å²) in [6.07, 6.45) is -0.395. The summed E-state index contributed by atoms with van der Waals surface area (Å²) < 4.78 is 45.7. The Labute approximate surface area is 212 Å². The van der Waals surface area contributed by atoms with E-state index in [1.165, 1.54) is 6.07 Å². The van der Waals surface area contributed by atoms with Crippen LogP contribution >= 0.6 is 0 Å². The van der Waals surface area contributed by atoms with Crippen LogP contribution < -0.4 is 5.46 Å². The van der Waals surface area contributed by atoms with E-state index in [1.54, 1.807) is 4.90 Å². The van der Waals surface area contributed by atoms with Gasteiger partial charge in [-0.25, -0.2) is 4.79 Å². The summed E-state index contributed by atoms with van der Waals surface area (Å²) in [7, 11) is 0. The highest BCUT2D eigenvalue weighted by Crippen LogP contribution is 2.44. The van der Waals surface area contributed by atoms with Crippen molar-refractivity contribution in [3.05, 3.63) is 93.9 Å². The van der Waals surface area contributed by atoms with E-state index in [4.69, 9.17) is 10.3 Å². The lowest BCUT2D eigenvalue weighted by atomic mass is 9.79. The van der Waals surface area contributed by atoms with Gasteiger partial charge in [0.05, 0.1) is 0 Å². The highest BCUT2D eigenvalue weighted by molar-refractivity contribution is 6.73. The lowest BCUT2D eigenvalue weighted by molar-refractivity contribution is 0.0728. The van der Waals surface area contributed by atoms with Crippen LogP contribution in [0.15, 0.2) is 71.8 Å². The topological polar surface area (TPSA) is 81.5 Å². The van der Waals surface area contributed by atoms with E-state index in [1.807, 2.05) is 29.2 Å². The number of hydrogen-bond donors (Lipinski definition) is 0. The summed E-state index contributed by atoms with van der Waals surface area (Å²) in [5.41, 5.74) is 12.8. The molecule has 1 heterocycles. The van der Waals surface area contributed by atoms with Crippen molar-refractivity contribution in [3.63, 3.8) is 0 Å². The van der Waals surface area contributed by atoms with E-state index in [0.717, 1.165) is 34.4 Å². The molecule has 37 heavy (non-hydrogen) atoms. The predicted molar refractivity (Wildman–Crippen MR) is 136 cm³/mol. The van der Waals surface area contributed by atoms with E-state index in [2.05, 4.69) is 34.3 Å². The average Bonchev–Trinajstić information content (AvgIpc) is 3.21. The Morgan fingerprint density at radius 1 is 0.973 bits per heavy atom. The molecular formula is C26H24BF3N5O2-. The molecule has 1 fully saturated rings. The van der Waals surface area contributed by atoms with E-state index in [0.29, 0.717) is 31.7 Å². The number of carbonyl (C=O) groups is 1. The molecule has 1 amide bonds. The second-order valence-electron chi connectivity index (χ2n) is 9.26. The highest BCUT2D eigenvalue weighted by atomic mass is 19.4. The van der Waals surface area contributed by atoms with Crippen molar-refractivity contribution in [2.24, 2.45) is 5.11 Å². The number of nitrogens with zero attached hydrogens (tertiary/aromatic N) is 5. The fourth-order valence-corrected chi connectivity index (χ4v) is 5.12. The van der Waals surface area contributed by atoms with Crippen molar-refractivity contribution < 1.29 is 22.5 Å². The lowest BCUT2D eigenvalue weighted by Gasteiger charge is -2.34. The number of ether oxygens (including phenoxy) is 1. The first-order valence-corrected chi connectivity index (χ1v) is 12.0. The van der Waals surface area contributed by atoms with Crippen molar-refractivity contribution in [1.29, 1.82) is 0 Å². The smallest absolute Gasteiger partial charge is 0.448 e. The molecule has 0 bridgehead atoms. The molecular weight excluding hydrogens is 482 g/mol. The van der Waals surface area contributed by atoms with Crippen LogP contribution in [0.3, 0.4) is 0 Å². The molecule has 0 saturated carbocycles. The molecule has 0 aromatic heterocycles. The van der Waals surface area contributed by atoms with Crippen molar-refractivity contribution in [1.82, 2.24) is 9.80 Å². The zero-order valence-electron chi connectivity index (χ0n) is 19.9. The Kier molecular flexibility index (Phi) is 6.82. The van der Waals surface area contributed by atoms with Gasteiger partial charge in [-0.1, -0.05) is 65.8 Å². The minimum atomic E-state index is -5.22. The molecule has 2 aliphatic rings. The van der Waals surface area contributed by atoms with Crippen LogP contribution in [0, 0.1) is 0 Å². The SMILES string of the molecule is [N-]=[N+]=Nc1cc(CN2CCN(C(=O)OCC3c4ccccc4-c4ccccc43)CC2)cc([B-](F)(F)F)c1. The Balaban J connectivity index is 1.19. The van der Waals surface area contributed by atoms with E-state index in [9.17, 15) is 17.7 Å². The fourth-order valence-electron chi connectivity index (χ4n) is 5.12. The Bertz CT molecular complexity index is 1320. The second kappa shape index (κ2) is 10.2. The number of hydrogen-bond acceptors (Lipinski definition) is 4. The summed E-state index contributed by atoms with van der Waals surface area (Å²) in [4.78, 5) is 19.0. The second-order valence-corrected chi connectivity index (χ2v) is 9.26. The van der Waals surface area contributed by atoms with E-state index < -0.39 is 18.5 Å². The number of carbonyl (C=O) groups excluding carboxylic acids is 1. The third-order valence-electron chi connectivity index (χ3n) is 6.91. The maximum atomic E-state index is 13.3. The molecule has 7 nitrogen and oxygen atoms in total.